The van der Waals surface area contributed by atoms with Crippen LogP contribution in [0.4, 0.5) is 5.69 Å². The molecule has 2 heterocycles. The van der Waals surface area contributed by atoms with Crippen LogP contribution >= 0.6 is 11.8 Å². The number of aliphatic imine (C=N–C) groups is 1. The maximum absolute atomic E-state index is 13.3. The summed E-state index contributed by atoms with van der Waals surface area (Å²) in [6, 6.07) is 23.9. The Balaban J connectivity index is 1.44. The molecule has 0 fully saturated rings. The molecule has 32 heavy (non-hydrogen) atoms. The van der Waals surface area contributed by atoms with Gasteiger partial charge in [-0.05, 0) is 35.9 Å². The Morgan fingerprint density at radius 3 is 2.47 bits per heavy atom. The van der Waals surface area contributed by atoms with Crippen molar-refractivity contribution in [2.75, 3.05) is 17.4 Å². The Bertz CT molecular complexity index is 1240. The van der Waals surface area contributed by atoms with Crippen molar-refractivity contribution in [1.82, 2.24) is 0 Å². The molecule has 0 unspecified atom stereocenters. The van der Waals surface area contributed by atoms with Crippen LogP contribution in [0.25, 0.3) is 6.08 Å². The van der Waals surface area contributed by atoms with Crippen molar-refractivity contribution in [3.63, 3.8) is 0 Å². The number of fused-ring (bicyclic) bond motifs is 1. The first-order valence-corrected chi connectivity index (χ1v) is 11.0. The Kier molecular flexibility index (Phi) is 5.47. The van der Waals surface area contributed by atoms with Crippen LogP contribution in [0.2, 0.25) is 0 Å². The van der Waals surface area contributed by atoms with E-state index in [9.17, 15) is 9.59 Å². The number of ketones is 1. The van der Waals surface area contributed by atoms with Crippen molar-refractivity contribution < 1.29 is 19.1 Å². The molecular weight excluding hydrogens is 424 g/mol. The SMILES string of the molecule is O=C(CSC1=N/C(=C/c2ccc3c(c2)OCO3)C(=O)N1c1ccccc1)c1ccccc1. The van der Waals surface area contributed by atoms with Crippen molar-refractivity contribution in [1.29, 1.82) is 0 Å². The van der Waals surface area contributed by atoms with Crippen LogP contribution in [-0.4, -0.2) is 29.4 Å². The summed E-state index contributed by atoms with van der Waals surface area (Å²) in [5, 5.41) is 0.470. The highest BCUT2D eigenvalue weighted by Gasteiger charge is 2.32. The molecule has 0 N–H and O–H groups in total. The number of nitrogens with zero attached hydrogens (tertiary/aromatic N) is 2. The maximum Gasteiger partial charge on any atom is 0.283 e. The summed E-state index contributed by atoms with van der Waals surface area (Å²) in [5.41, 5.74) is 2.40. The van der Waals surface area contributed by atoms with Gasteiger partial charge in [-0.2, -0.15) is 0 Å². The predicted octanol–water partition coefficient (Wildman–Crippen LogP) is 4.78. The minimum absolute atomic E-state index is 0.0213. The molecule has 0 aliphatic carbocycles. The van der Waals surface area contributed by atoms with E-state index in [0.29, 0.717) is 33.6 Å². The minimum atomic E-state index is -0.247. The van der Waals surface area contributed by atoms with Gasteiger partial charge in [-0.3, -0.25) is 14.5 Å². The number of carbonyl (C=O) groups is 2. The molecule has 0 bridgehead atoms. The molecule has 3 aromatic rings. The normalized spacial score (nSPS) is 15.9. The van der Waals surface area contributed by atoms with E-state index in [0.717, 1.165) is 5.56 Å². The Morgan fingerprint density at radius 2 is 1.69 bits per heavy atom. The monoisotopic (exact) mass is 442 g/mol. The lowest BCUT2D eigenvalue weighted by Gasteiger charge is -2.17. The van der Waals surface area contributed by atoms with E-state index < -0.39 is 0 Å². The van der Waals surface area contributed by atoms with Crippen LogP contribution in [0.5, 0.6) is 11.5 Å². The average molecular weight is 442 g/mol. The van der Waals surface area contributed by atoms with Crippen LogP contribution in [0.3, 0.4) is 0 Å². The third kappa shape index (κ3) is 4.02. The molecule has 2 aliphatic heterocycles. The zero-order valence-corrected chi connectivity index (χ0v) is 17.7. The van der Waals surface area contributed by atoms with E-state index in [2.05, 4.69) is 4.99 Å². The molecule has 7 heteroatoms. The molecular formula is C25H18N2O4S. The lowest BCUT2D eigenvalue weighted by atomic mass is 10.1. The second-order valence-electron chi connectivity index (χ2n) is 7.09. The van der Waals surface area contributed by atoms with Gasteiger partial charge in [0.25, 0.3) is 5.91 Å². The molecule has 158 valence electrons. The number of rotatable bonds is 5. The number of anilines is 1. The predicted molar refractivity (Wildman–Crippen MR) is 125 cm³/mol. The number of thioether (sulfide) groups is 1. The van der Waals surface area contributed by atoms with Gasteiger partial charge in [-0.1, -0.05) is 66.4 Å². The van der Waals surface area contributed by atoms with E-state index in [1.807, 2.05) is 60.7 Å². The lowest BCUT2D eigenvalue weighted by molar-refractivity contribution is -0.113. The van der Waals surface area contributed by atoms with E-state index in [4.69, 9.17) is 9.47 Å². The standard InChI is InChI=1S/C25H18N2O4S/c28-21(18-7-3-1-4-8-18)15-32-25-26-20(24(29)27(25)19-9-5-2-6-10-19)13-17-11-12-22-23(14-17)31-16-30-22/h1-14H,15-16H2/b20-13+. The topological polar surface area (TPSA) is 68.2 Å². The van der Waals surface area contributed by atoms with Crippen LogP contribution in [0.1, 0.15) is 15.9 Å². The molecule has 2 aliphatic rings. The van der Waals surface area contributed by atoms with Gasteiger partial charge in [0.2, 0.25) is 6.79 Å². The van der Waals surface area contributed by atoms with Gasteiger partial charge in [-0.25, -0.2) is 4.99 Å². The van der Waals surface area contributed by atoms with Crippen LogP contribution in [0, 0.1) is 0 Å². The van der Waals surface area contributed by atoms with E-state index in [1.54, 1.807) is 29.2 Å². The first-order valence-electron chi connectivity index (χ1n) is 9.99. The third-order valence-electron chi connectivity index (χ3n) is 4.97. The summed E-state index contributed by atoms with van der Waals surface area (Å²) in [6.07, 6.45) is 1.72. The number of amidine groups is 1. The Hall–Kier alpha value is -3.84. The smallest absolute Gasteiger partial charge is 0.283 e. The molecule has 0 saturated heterocycles. The van der Waals surface area contributed by atoms with Crippen molar-refractivity contribution in [3.05, 3.63) is 95.7 Å². The van der Waals surface area contributed by atoms with Gasteiger partial charge in [0.1, 0.15) is 5.70 Å². The average Bonchev–Trinajstić information content (AvgIpc) is 3.42. The van der Waals surface area contributed by atoms with Crippen LogP contribution in [0.15, 0.2) is 89.6 Å². The fraction of sp³-hybridized carbons (Fsp3) is 0.0800. The van der Waals surface area contributed by atoms with Gasteiger partial charge in [0.15, 0.2) is 22.4 Å². The molecule has 5 rings (SSSR count). The fourth-order valence-electron chi connectivity index (χ4n) is 3.40. The highest BCUT2D eigenvalue weighted by atomic mass is 32.2. The summed E-state index contributed by atoms with van der Waals surface area (Å²) in [6.45, 7) is 0.185. The molecule has 0 atom stereocenters. The summed E-state index contributed by atoms with van der Waals surface area (Å²) in [5.74, 6) is 1.22. The lowest BCUT2D eigenvalue weighted by Crippen LogP contribution is -2.30. The summed E-state index contributed by atoms with van der Waals surface area (Å²) >= 11 is 1.25. The Morgan fingerprint density at radius 1 is 0.969 bits per heavy atom. The second kappa shape index (κ2) is 8.72. The summed E-state index contributed by atoms with van der Waals surface area (Å²) in [7, 11) is 0. The second-order valence-corrected chi connectivity index (χ2v) is 8.03. The summed E-state index contributed by atoms with van der Waals surface area (Å²) in [4.78, 5) is 32.0. The molecule has 0 saturated carbocycles. The summed E-state index contributed by atoms with van der Waals surface area (Å²) < 4.78 is 10.8. The quantitative estimate of drug-likeness (QED) is 0.420. The first kappa shape index (κ1) is 20.1. The van der Waals surface area contributed by atoms with Gasteiger partial charge in [0.05, 0.1) is 11.4 Å². The molecule has 0 spiro atoms. The zero-order chi connectivity index (χ0) is 21.9. The molecule has 3 aromatic carbocycles. The van der Waals surface area contributed by atoms with E-state index in [1.165, 1.54) is 11.8 Å². The van der Waals surface area contributed by atoms with Gasteiger partial charge >= 0.3 is 0 Å². The number of carbonyl (C=O) groups excluding carboxylic acids is 2. The number of Topliss-reactive ketones (excluding diaryl/α,β-unsaturated/α-hetero) is 1. The molecule has 0 aromatic heterocycles. The van der Waals surface area contributed by atoms with E-state index in [-0.39, 0.29) is 24.2 Å². The number of benzene rings is 3. The zero-order valence-electron chi connectivity index (χ0n) is 16.9. The maximum atomic E-state index is 13.3. The largest absolute Gasteiger partial charge is 0.454 e. The number of para-hydroxylation sites is 1. The van der Waals surface area contributed by atoms with Crippen molar-refractivity contribution in [2.45, 2.75) is 0 Å². The highest BCUT2D eigenvalue weighted by Crippen LogP contribution is 2.34. The number of hydrogen-bond donors (Lipinski definition) is 0. The molecule has 6 nitrogen and oxygen atoms in total. The first-order chi connectivity index (χ1) is 15.7. The van der Waals surface area contributed by atoms with Gasteiger partial charge in [0, 0.05) is 5.56 Å². The van der Waals surface area contributed by atoms with Crippen molar-refractivity contribution in [2.24, 2.45) is 4.99 Å². The number of hydrogen-bond acceptors (Lipinski definition) is 6. The fourth-order valence-corrected chi connectivity index (χ4v) is 4.30. The number of amides is 1. The van der Waals surface area contributed by atoms with Gasteiger partial charge in [-0.15, -0.1) is 0 Å². The molecule has 0 radical (unpaired) electrons. The number of ether oxygens (including phenoxy) is 2. The minimum Gasteiger partial charge on any atom is -0.454 e. The van der Waals surface area contributed by atoms with E-state index >= 15 is 0 Å². The molecule has 1 amide bonds. The third-order valence-corrected chi connectivity index (χ3v) is 5.91. The van der Waals surface area contributed by atoms with Crippen LogP contribution in [-0.2, 0) is 4.79 Å². The van der Waals surface area contributed by atoms with Crippen molar-refractivity contribution >= 4 is 40.4 Å². The van der Waals surface area contributed by atoms with Crippen molar-refractivity contribution in [3.8, 4) is 11.5 Å². The van der Waals surface area contributed by atoms with Gasteiger partial charge < -0.3 is 9.47 Å². The van der Waals surface area contributed by atoms with Crippen LogP contribution < -0.4 is 14.4 Å². The Labute approximate surface area is 189 Å². The highest BCUT2D eigenvalue weighted by molar-refractivity contribution is 8.14.